The Morgan fingerprint density at radius 3 is 2.25 bits per heavy atom. The van der Waals surface area contributed by atoms with E-state index in [1.807, 2.05) is 78.9 Å². The number of H-pyrrole nitrogens is 1. The first kappa shape index (κ1) is 26.3. The predicted molar refractivity (Wildman–Crippen MR) is 153 cm³/mol. The van der Waals surface area contributed by atoms with Crippen molar-refractivity contribution < 1.29 is 4.79 Å². The van der Waals surface area contributed by atoms with Gasteiger partial charge >= 0.3 is 0 Å². The molecule has 40 heavy (non-hydrogen) atoms. The van der Waals surface area contributed by atoms with Gasteiger partial charge < -0.3 is 15.5 Å². The minimum atomic E-state index is -0.376. The number of tetrazole rings is 1. The van der Waals surface area contributed by atoms with Crippen LogP contribution in [0.4, 0.5) is 11.4 Å². The molecule has 0 saturated carbocycles. The SMILES string of the molecule is CN(C)C(=O)Cn1ncc(NCc2ccccc2)c(NCc2ccc(-c3ccccc3-c3nn[nH]n3)cc2)c1=O. The second kappa shape index (κ2) is 12.0. The van der Waals surface area contributed by atoms with Crippen LogP contribution in [0.1, 0.15) is 11.1 Å². The van der Waals surface area contributed by atoms with Gasteiger partial charge in [0.2, 0.25) is 11.7 Å². The third kappa shape index (κ3) is 6.04. The van der Waals surface area contributed by atoms with Gasteiger partial charge in [-0.15, -0.1) is 10.2 Å². The summed E-state index contributed by atoms with van der Waals surface area (Å²) in [6.45, 7) is 0.771. The summed E-state index contributed by atoms with van der Waals surface area (Å²) in [5, 5.41) is 25.2. The van der Waals surface area contributed by atoms with Crippen LogP contribution >= 0.6 is 0 Å². The number of carbonyl (C=O) groups excluding carboxylic acids is 1. The van der Waals surface area contributed by atoms with E-state index in [-0.39, 0.29) is 18.0 Å². The van der Waals surface area contributed by atoms with E-state index in [1.54, 1.807) is 20.3 Å². The predicted octanol–water partition coefficient (Wildman–Crippen LogP) is 3.40. The smallest absolute Gasteiger partial charge is 0.292 e. The molecule has 3 N–H and O–H groups in total. The molecule has 5 rings (SSSR count). The summed E-state index contributed by atoms with van der Waals surface area (Å²) in [6.07, 6.45) is 1.58. The highest BCUT2D eigenvalue weighted by Gasteiger charge is 2.15. The second-order valence-electron chi connectivity index (χ2n) is 9.35. The molecular formula is C29H29N9O2. The average molecular weight is 536 g/mol. The highest BCUT2D eigenvalue weighted by atomic mass is 16.2. The molecule has 11 nitrogen and oxygen atoms in total. The van der Waals surface area contributed by atoms with Crippen molar-refractivity contribution in [2.24, 2.45) is 0 Å². The zero-order chi connectivity index (χ0) is 27.9. The first-order valence-corrected chi connectivity index (χ1v) is 12.7. The van der Waals surface area contributed by atoms with E-state index in [1.165, 1.54) is 9.58 Å². The molecule has 0 saturated heterocycles. The monoisotopic (exact) mass is 535 g/mol. The number of nitrogens with one attached hydrogen (secondary N) is 3. The maximum absolute atomic E-state index is 13.4. The summed E-state index contributed by atoms with van der Waals surface area (Å²) in [5.41, 5.74) is 5.44. The maximum Gasteiger partial charge on any atom is 0.292 e. The van der Waals surface area contributed by atoms with Crippen LogP contribution in [0.5, 0.6) is 0 Å². The van der Waals surface area contributed by atoms with Crippen LogP contribution in [0, 0.1) is 0 Å². The highest BCUT2D eigenvalue weighted by molar-refractivity contribution is 5.80. The number of carbonyl (C=O) groups is 1. The van der Waals surface area contributed by atoms with Crippen LogP contribution in [-0.2, 0) is 24.4 Å². The van der Waals surface area contributed by atoms with E-state index >= 15 is 0 Å². The Bertz CT molecular complexity index is 1630. The number of nitrogens with zero attached hydrogens (tertiary/aromatic N) is 6. The van der Waals surface area contributed by atoms with Gasteiger partial charge in [-0.1, -0.05) is 78.9 Å². The minimum Gasteiger partial charge on any atom is -0.378 e. The largest absolute Gasteiger partial charge is 0.378 e. The van der Waals surface area contributed by atoms with Crippen molar-refractivity contribution in [1.29, 1.82) is 0 Å². The molecule has 0 bridgehead atoms. The summed E-state index contributed by atoms with van der Waals surface area (Å²) >= 11 is 0. The molecule has 202 valence electrons. The Hall–Kier alpha value is -5.32. The van der Waals surface area contributed by atoms with Crippen LogP contribution in [0.15, 0.2) is 89.9 Å². The average Bonchev–Trinajstić information content (AvgIpc) is 3.53. The molecule has 0 radical (unpaired) electrons. The fourth-order valence-electron chi connectivity index (χ4n) is 4.17. The number of benzene rings is 3. The normalized spacial score (nSPS) is 10.8. The van der Waals surface area contributed by atoms with Crippen molar-refractivity contribution >= 4 is 17.3 Å². The number of hydrogen-bond acceptors (Lipinski definition) is 8. The molecule has 0 unspecified atom stereocenters. The molecule has 0 atom stereocenters. The van der Waals surface area contributed by atoms with Gasteiger partial charge in [-0.2, -0.15) is 10.3 Å². The fraction of sp³-hybridized carbons (Fsp3) is 0.172. The Kier molecular flexibility index (Phi) is 7.91. The Morgan fingerprint density at radius 1 is 0.875 bits per heavy atom. The molecule has 0 aliphatic rings. The number of anilines is 2. The Labute approximate surface area is 230 Å². The van der Waals surface area contributed by atoms with E-state index in [0.29, 0.717) is 30.3 Å². The van der Waals surface area contributed by atoms with Gasteiger partial charge in [0.05, 0.1) is 11.9 Å². The Morgan fingerprint density at radius 2 is 1.55 bits per heavy atom. The zero-order valence-corrected chi connectivity index (χ0v) is 22.2. The third-order valence-electron chi connectivity index (χ3n) is 6.40. The van der Waals surface area contributed by atoms with E-state index < -0.39 is 0 Å². The quantitative estimate of drug-likeness (QED) is 0.248. The number of rotatable bonds is 10. The van der Waals surface area contributed by atoms with Crippen molar-refractivity contribution in [3.63, 3.8) is 0 Å². The van der Waals surface area contributed by atoms with Gasteiger partial charge in [0, 0.05) is 32.7 Å². The first-order chi connectivity index (χ1) is 19.5. The second-order valence-corrected chi connectivity index (χ2v) is 9.35. The molecule has 0 spiro atoms. The van der Waals surface area contributed by atoms with Gasteiger partial charge in [-0.25, -0.2) is 4.68 Å². The molecular weight excluding hydrogens is 506 g/mol. The van der Waals surface area contributed by atoms with E-state index in [4.69, 9.17) is 0 Å². The summed E-state index contributed by atoms with van der Waals surface area (Å²) < 4.78 is 1.18. The lowest BCUT2D eigenvalue weighted by Gasteiger charge is -2.16. The number of aromatic nitrogens is 6. The van der Waals surface area contributed by atoms with Gasteiger partial charge in [0.1, 0.15) is 12.2 Å². The number of aromatic amines is 1. The highest BCUT2D eigenvalue weighted by Crippen LogP contribution is 2.30. The summed E-state index contributed by atoms with van der Waals surface area (Å²) in [6, 6.07) is 25.8. The Balaban J connectivity index is 1.37. The molecule has 1 amide bonds. The standard InChI is InChI=1S/C29H29N9O2/c1-37(2)26(39)19-38-29(40)27(25(18-32-38)30-16-20-8-4-3-5-9-20)31-17-21-12-14-22(15-13-21)23-10-6-7-11-24(23)28-33-35-36-34-28/h3-15,18,30-31H,16-17,19H2,1-2H3,(H,33,34,35,36). The van der Waals surface area contributed by atoms with E-state index in [9.17, 15) is 9.59 Å². The van der Waals surface area contributed by atoms with Crippen LogP contribution in [0.3, 0.4) is 0 Å². The molecule has 11 heteroatoms. The van der Waals surface area contributed by atoms with Crippen molar-refractivity contribution in [3.05, 3.63) is 107 Å². The van der Waals surface area contributed by atoms with Gasteiger partial charge in [0.25, 0.3) is 5.56 Å². The van der Waals surface area contributed by atoms with Gasteiger partial charge in [-0.05, 0) is 27.5 Å². The van der Waals surface area contributed by atoms with Gasteiger partial charge in [0.15, 0.2) is 0 Å². The summed E-state index contributed by atoms with van der Waals surface area (Å²) in [4.78, 5) is 27.1. The number of likely N-dealkylation sites (N-methyl/N-ethyl adjacent to an activating group) is 1. The lowest BCUT2D eigenvalue weighted by molar-refractivity contribution is -0.129. The van der Waals surface area contributed by atoms with Crippen LogP contribution in [0.2, 0.25) is 0 Å². The van der Waals surface area contributed by atoms with Crippen LogP contribution in [0.25, 0.3) is 22.5 Å². The lowest BCUT2D eigenvalue weighted by atomic mass is 9.98. The minimum absolute atomic E-state index is 0.145. The van der Waals surface area contributed by atoms with E-state index in [0.717, 1.165) is 27.8 Å². The van der Waals surface area contributed by atoms with E-state index in [2.05, 4.69) is 36.4 Å². The lowest BCUT2D eigenvalue weighted by Crippen LogP contribution is -2.34. The molecule has 0 aliphatic heterocycles. The fourth-order valence-corrected chi connectivity index (χ4v) is 4.17. The molecule has 0 fully saturated rings. The topological polar surface area (TPSA) is 134 Å². The molecule has 2 aromatic heterocycles. The van der Waals surface area contributed by atoms with Crippen LogP contribution in [-0.4, -0.2) is 55.3 Å². The summed E-state index contributed by atoms with van der Waals surface area (Å²) in [7, 11) is 3.29. The maximum atomic E-state index is 13.4. The molecule has 2 heterocycles. The first-order valence-electron chi connectivity index (χ1n) is 12.7. The zero-order valence-electron chi connectivity index (χ0n) is 22.2. The van der Waals surface area contributed by atoms with Gasteiger partial charge in [-0.3, -0.25) is 9.59 Å². The van der Waals surface area contributed by atoms with Crippen molar-refractivity contribution in [3.8, 4) is 22.5 Å². The molecule has 0 aliphatic carbocycles. The molecule has 3 aromatic carbocycles. The summed E-state index contributed by atoms with van der Waals surface area (Å²) in [5.74, 6) is 0.306. The van der Waals surface area contributed by atoms with Crippen molar-refractivity contribution in [2.45, 2.75) is 19.6 Å². The number of hydrogen-bond donors (Lipinski definition) is 3. The number of amides is 1. The van der Waals surface area contributed by atoms with Crippen molar-refractivity contribution in [1.82, 2.24) is 35.3 Å². The molecule has 5 aromatic rings. The third-order valence-corrected chi connectivity index (χ3v) is 6.40. The van der Waals surface area contributed by atoms with Crippen LogP contribution < -0.4 is 16.2 Å². The van der Waals surface area contributed by atoms with Crippen molar-refractivity contribution in [2.75, 3.05) is 24.7 Å².